The first-order valence-electron chi connectivity index (χ1n) is 6.45. The van der Waals surface area contributed by atoms with Crippen LogP contribution in [0.1, 0.15) is 11.1 Å². The van der Waals surface area contributed by atoms with Gasteiger partial charge >= 0.3 is 0 Å². The number of hydrazone groups is 1. The Kier molecular flexibility index (Phi) is 6.24. The van der Waals surface area contributed by atoms with Crippen molar-refractivity contribution in [3.63, 3.8) is 0 Å². The molecule has 0 aliphatic carbocycles. The molecule has 0 aliphatic rings. The molecule has 0 saturated heterocycles. The Morgan fingerprint density at radius 1 is 1.22 bits per heavy atom. The first-order valence-corrected chi connectivity index (χ1v) is 7.58. The fraction of sp³-hybridized carbons (Fsp3) is 0.0667. The summed E-state index contributed by atoms with van der Waals surface area (Å²) in [6.45, 7) is 0.225. The van der Waals surface area contributed by atoms with E-state index < -0.39 is 0 Å². The van der Waals surface area contributed by atoms with Crippen LogP contribution in [0, 0.1) is 5.41 Å². The molecule has 2 aromatic rings. The number of benzene rings is 2. The monoisotopic (exact) mass is 370 g/mol. The van der Waals surface area contributed by atoms with Crippen LogP contribution < -0.4 is 10.6 Å². The number of hydrogen-bond donors (Lipinski definition) is 2. The molecule has 2 aromatic carbocycles. The minimum atomic E-state index is 0.225. The number of hydrazine groups is 1. The summed E-state index contributed by atoms with van der Waals surface area (Å²) in [5.74, 6) is 5.84. The van der Waals surface area contributed by atoms with E-state index in [1.54, 1.807) is 36.4 Å². The van der Waals surface area contributed by atoms with Crippen molar-refractivity contribution < 1.29 is 4.74 Å². The zero-order chi connectivity index (χ0) is 16.8. The van der Waals surface area contributed by atoms with E-state index in [9.17, 15) is 0 Å². The summed E-state index contributed by atoms with van der Waals surface area (Å²) < 4.78 is 5.71. The maximum Gasteiger partial charge on any atom is 0.139 e. The molecule has 120 valence electrons. The molecule has 0 spiro atoms. The Morgan fingerprint density at radius 2 is 2.00 bits per heavy atom. The molecule has 2 rings (SSSR count). The lowest BCUT2D eigenvalue weighted by molar-refractivity contribution is 0.306. The van der Waals surface area contributed by atoms with E-state index in [4.69, 9.17) is 50.8 Å². The molecule has 0 atom stereocenters. The Labute approximate surface area is 148 Å². The van der Waals surface area contributed by atoms with Gasteiger partial charge in [0.2, 0.25) is 0 Å². The Morgan fingerprint density at radius 3 is 2.74 bits per heavy atom. The van der Waals surface area contributed by atoms with Gasteiger partial charge in [0.1, 0.15) is 18.7 Å². The molecule has 0 bridgehead atoms. The number of nitrogens with zero attached hydrogens (tertiary/aromatic N) is 2. The van der Waals surface area contributed by atoms with Gasteiger partial charge in [0.25, 0.3) is 0 Å². The molecule has 0 radical (unpaired) electrons. The van der Waals surface area contributed by atoms with Gasteiger partial charge in [-0.15, -0.1) is 0 Å². The van der Waals surface area contributed by atoms with Crippen molar-refractivity contribution in [2.75, 3.05) is 0 Å². The maximum absolute atomic E-state index is 6.95. The van der Waals surface area contributed by atoms with Gasteiger partial charge in [-0.1, -0.05) is 46.9 Å². The van der Waals surface area contributed by atoms with Crippen LogP contribution in [0.2, 0.25) is 15.1 Å². The molecule has 0 unspecified atom stereocenters. The molecule has 3 N–H and O–H groups in total. The minimum Gasteiger partial charge on any atom is -0.487 e. The lowest BCUT2D eigenvalue weighted by atomic mass is 10.2. The van der Waals surface area contributed by atoms with E-state index in [0.29, 0.717) is 26.4 Å². The van der Waals surface area contributed by atoms with Crippen molar-refractivity contribution in [1.82, 2.24) is 5.12 Å². The molecule has 0 saturated carbocycles. The van der Waals surface area contributed by atoms with Crippen molar-refractivity contribution in [3.05, 3.63) is 62.6 Å². The van der Waals surface area contributed by atoms with Crippen LogP contribution in [-0.4, -0.2) is 17.7 Å². The topological polar surface area (TPSA) is 74.7 Å². The Balaban J connectivity index is 2.16. The molecular weight excluding hydrogens is 359 g/mol. The van der Waals surface area contributed by atoms with Gasteiger partial charge in [0.05, 0.1) is 11.2 Å². The first kappa shape index (κ1) is 17.6. The number of ether oxygens (including phenoxy) is 1. The Bertz CT molecular complexity index is 737. The van der Waals surface area contributed by atoms with Crippen LogP contribution in [0.25, 0.3) is 0 Å². The standard InChI is InChI=1S/C15H13Cl3N4O/c16-12-4-5-13(17)11(6-12)8-23-14-3-1-2-10(15(14)18)7-21-22(20)9-19/h1-7,9,19H,8,20H2/b19-9?,21-7+. The minimum absolute atomic E-state index is 0.225. The molecule has 0 aromatic heterocycles. The quantitative estimate of drug-likeness (QED) is 0.343. The molecular formula is C15H13Cl3N4O. The molecule has 0 fully saturated rings. The number of nitrogens with one attached hydrogen (secondary N) is 1. The van der Waals surface area contributed by atoms with Crippen molar-refractivity contribution in [1.29, 1.82) is 5.41 Å². The lowest BCUT2D eigenvalue weighted by Crippen LogP contribution is -2.22. The highest BCUT2D eigenvalue weighted by Gasteiger charge is 2.08. The third-order valence-corrected chi connectivity index (χ3v) is 3.85. The van der Waals surface area contributed by atoms with Crippen LogP contribution in [0.15, 0.2) is 41.5 Å². The molecule has 0 aliphatic heterocycles. The number of rotatable bonds is 6. The van der Waals surface area contributed by atoms with Crippen LogP contribution in [0.4, 0.5) is 0 Å². The molecule has 0 heterocycles. The second-order valence-electron chi connectivity index (χ2n) is 4.44. The van der Waals surface area contributed by atoms with E-state index in [1.807, 2.05) is 0 Å². The predicted molar refractivity (Wildman–Crippen MR) is 94.7 cm³/mol. The van der Waals surface area contributed by atoms with Gasteiger partial charge < -0.3 is 4.74 Å². The summed E-state index contributed by atoms with van der Waals surface area (Å²) in [6.07, 6.45) is 2.30. The van der Waals surface area contributed by atoms with Gasteiger partial charge in [-0.2, -0.15) is 10.2 Å². The normalized spacial score (nSPS) is 10.8. The van der Waals surface area contributed by atoms with E-state index >= 15 is 0 Å². The fourth-order valence-electron chi connectivity index (χ4n) is 1.71. The second kappa shape index (κ2) is 8.17. The number of nitrogens with two attached hydrogens (primary N) is 1. The van der Waals surface area contributed by atoms with Crippen molar-refractivity contribution in [2.24, 2.45) is 10.9 Å². The zero-order valence-corrected chi connectivity index (χ0v) is 14.1. The maximum atomic E-state index is 6.95. The summed E-state index contributed by atoms with van der Waals surface area (Å²) in [4.78, 5) is 0. The largest absolute Gasteiger partial charge is 0.487 e. The van der Waals surface area contributed by atoms with E-state index in [-0.39, 0.29) is 6.61 Å². The highest BCUT2D eigenvalue weighted by Crippen LogP contribution is 2.29. The van der Waals surface area contributed by atoms with E-state index in [2.05, 4.69) is 5.10 Å². The van der Waals surface area contributed by atoms with E-state index in [0.717, 1.165) is 17.0 Å². The van der Waals surface area contributed by atoms with Gasteiger partial charge in [0, 0.05) is 21.2 Å². The van der Waals surface area contributed by atoms with E-state index in [1.165, 1.54) is 6.21 Å². The second-order valence-corrected chi connectivity index (χ2v) is 5.66. The van der Waals surface area contributed by atoms with Gasteiger partial charge in [-0.05, 0) is 24.3 Å². The fourth-order valence-corrected chi connectivity index (χ4v) is 2.31. The van der Waals surface area contributed by atoms with Crippen molar-refractivity contribution in [2.45, 2.75) is 6.61 Å². The lowest BCUT2D eigenvalue weighted by Gasteiger charge is -2.11. The molecule has 23 heavy (non-hydrogen) atoms. The first-order chi connectivity index (χ1) is 11.0. The molecule has 8 heteroatoms. The summed E-state index contributed by atoms with van der Waals surface area (Å²) >= 11 is 18.3. The summed E-state index contributed by atoms with van der Waals surface area (Å²) in [6, 6.07) is 10.4. The highest BCUT2D eigenvalue weighted by atomic mass is 35.5. The highest BCUT2D eigenvalue weighted by molar-refractivity contribution is 6.34. The Hall–Kier alpha value is -1.79. The van der Waals surface area contributed by atoms with Crippen LogP contribution in [0.3, 0.4) is 0 Å². The van der Waals surface area contributed by atoms with Crippen LogP contribution in [-0.2, 0) is 6.61 Å². The van der Waals surface area contributed by atoms with Crippen LogP contribution >= 0.6 is 34.8 Å². The van der Waals surface area contributed by atoms with Gasteiger partial charge in [-0.25, -0.2) is 5.84 Å². The van der Waals surface area contributed by atoms with Gasteiger partial charge in [0.15, 0.2) is 0 Å². The average molecular weight is 372 g/mol. The molecule has 5 nitrogen and oxygen atoms in total. The average Bonchev–Trinajstić information content (AvgIpc) is 2.55. The van der Waals surface area contributed by atoms with Crippen molar-refractivity contribution in [3.8, 4) is 5.75 Å². The summed E-state index contributed by atoms with van der Waals surface area (Å²) in [5.41, 5.74) is 1.37. The predicted octanol–water partition coefficient (Wildman–Crippen LogP) is 4.34. The number of halogens is 3. The zero-order valence-electron chi connectivity index (χ0n) is 11.8. The molecule has 0 amide bonds. The van der Waals surface area contributed by atoms with Crippen LogP contribution in [0.5, 0.6) is 5.75 Å². The smallest absolute Gasteiger partial charge is 0.139 e. The third-order valence-electron chi connectivity index (χ3n) is 2.85. The number of hydrogen-bond acceptors (Lipinski definition) is 4. The summed E-state index contributed by atoms with van der Waals surface area (Å²) in [5, 5.41) is 13.2. The van der Waals surface area contributed by atoms with Gasteiger partial charge in [-0.3, -0.25) is 5.41 Å². The third kappa shape index (κ3) is 4.84. The van der Waals surface area contributed by atoms with Crippen molar-refractivity contribution >= 4 is 47.4 Å². The SMILES string of the molecule is N=CN(N)/N=C/c1cccc(OCc2cc(Cl)ccc2Cl)c1Cl. The summed E-state index contributed by atoms with van der Waals surface area (Å²) in [7, 11) is 0.